The van der Waals surface area contributed by atoms with Crippen LogP contribution in [0.4, 0.5) is 0 Å². The van der Waals surface area contributed by atoms with Gasteiger partial charge in [-0.15, -0.1) is 26.8 Å². The van der Waals surface area contributed by atoms with Gasteiger partial charge in [-0.2, -0.15) is 0 Å². The summed E-state index contributed by atoms with van der Waals surface area (Å²) in [5, 5.41) is 15.8. The van der Waals surface area contributed by atoms with E-state index in [9.17, 15) is 0 Å². The van der Waals surface area contributed by atoms with Crippen molar-refractivity contribution in [3.8, 4) is 29.5 Å². The van der Waals surface area contributed by atoms with Gasteiger partial charge in [0.15, 0.2) is 5.82 Å². The van der Waals surface area contributed by atoms with Gasteiger partial charge in [0.05, 0.1) is 46.2 Å². The van der Waals surface area contributed by atoms with E-state index in [2.05, 4.69) is 26.3 Å². The van der Waals surface area contributed by atoms with E-state index in [1.165, 1.54) is 0 Å². The Bertz CT molecular complexity index is 719. The molecule has 156 valence electrons. The molecule has 0 amide bonds. The third kappa shape index (κ3) is 9.91. The molecule has 0 N–H and O–H groups in total. The van der Waals surface area contributed by atoms with E-state index in [0.717, 1.165) is 11.3 Å². The molecule has 2 rings (SSSR count). The van der Waals surface area contributed by atoms with Gasteiger partial charge in [-0.3, -0.25) is 0 Å². The third-order valence-corrected chi connectivity index (χ3v) is 3.49. The molecule has 1 aromatic carbocycles. The topological polar surface area (TPSA) is 97.7 Å². The average Bonchev–Trinajstić information content (AvgIpc) is 2.75. The molecule has 0 bridgehead atoms. The Kier molecular flexibility index (Phi) is 11.2. The second kappa shape index (κ2) is 14.4. The van der Waals surface area contributed by atoms with Crippen molar-refractivity contribution in [1.82, 2.24) is 20.4 Å². The second-order valence-corrected chi connectivity index (χ2v) is 5.74. The molecule has 9 heteroatoms. The van der Waals surface area contributed by atoms with Crippen LogP contribution in [0.25, 0.3) is 11.4 Å². The van der Waals surface area contributed by atoms with Gasteiger partial charge in [-0.05, 0) is 31.2 Å². The van der Waals surface area contributed by atoms with Crippen molar-refractivity contribution in [2.75, 3.05) is 59.5 Å². The van der Waals surface area contributed by atoms with Crippen LogP contribution in [0.5, 0.6) is 5.75 Å². The van der Waals surface area contributed by atoms with Crippen molar-refractivity contribution in [3.63, 3.8) is 0 Å². The Labute approximate surface area is 170 Å². The van der Waals surface area contributed by atoms with Gasteiger partial charge in [0.1, 0.15) is 19.0 Å². The second-order valence-electron chi connectivity index (χ2n) is 5.74. The summed E-state index contributed by atoms with van der Waals surface area (Å²) in [6.45, 7) is 6.00. The Morgan fingerprint density at radius 1 is 0.724 bits per heavy atom. The van der Waals surface area contributed by atoms with Crippen LogP contribution in [0.1, 0.15) is 5.82 Å². The van der Waals surface area contributed by atoms with E-state index in [4.69, 9.17) is 30.1 Å². The van der Waals surface area contributed by atoms with E-state index < -0.39 is 0 Å². The number of aromatic nitrogens is 4. The monoisotopic (exact) mass is 402 g/mol. The quantitative estimate of drug-likeness (QED) is 0.323. The van der Waals surface area contributed by atoms with Gasteiger partial charge in [-0.1, -0.05) is 5.92 Å². The van der Waals surface area contributed by atoms with Crippen LogP contribution in [0.3, 0.4) is 0 Å². The summed E-state index contributed by atoms with van der Waals surface area (Å²) < 4.78 is 26.9. The molecular weight excluding hydrogens is 376 g/mol. The molecule has 9 nitrogen and oxygen atoms in total. The molecule has 2 aromatic rings. The van der Waals surface area contributed by atoms with Gasteiger partial charge >= 0.3 is 0 Å². The van der Waals surface area contributed by atoms with Crippen molar-refractivity contribution < 1.29 is 23.7 Å². The summed E-state index contributed by atoms with van der Waals surface area (Å²) in [5.74, 6) is 4.15. The lowest BCUT2D eigenvalue weighted by Crippen LogP contribution is -2.13. The zero-order chi connectivity index (χ0) is 20.6. The normalized spacial score (nSPS) is 10.6. The van der Waals surface area contributed by atoms with Gasteiger partial charge in [0, 0.05) is 5.56 Å². The smallest absolute Gasteiger partial charge is 0.203 e. The lowest BCUT2D eigenvalue weighted by molar-refractivity contribution is -0.00187. The molecule has 0 radical (unpaired) electrons. The maximum Gasteiger partial charge on any atom is 0.203 e. The SMILES string of the molecule is C#CCOCCOCCOCCOCCOc1ccc(-c2nnc(C)nn2)cc1. The Hall–Kier alpha value is -2.64. The first-order valence-electron chi connectivity index (χ1n) is 9.31. The molecule has 29 heavy (non-hydrogen) atoms. The first-order chi connectivity index (χ1) is 14.3. The highest BCUT2D eigenvalue weighted by atomic mass is 16.6. The number of ether oxygens (including phenoxy) is 5. The zero-order valence-electron chi connectivity index (χ0n) is 16.6. The Morgan fingerprint density at radius 2 is 1.24 bits per heavy atom. The fourth-order valence-electron chi connectivity index (χ4n) is 2.10. The molecule has 0 aliphatic carbocycles. The predicted molar refractivity (Wildman–Crippen MR) is 105 cm³/mol. The highest BCUT2D eigenvalue weighted by Gasteiger charge is 2.03. The van der Waals surface area contributed by atoms with E-state index in [0.29, 0.717) is 71.1 Å². The summed E-state index contributed by atoms with van der Waals surface area (Å²) in [6.07, 6.45) is 5.06. The minimum absolute atomic E-state index is 0.310. The Morgan fingerprint density at radius 3 is 1.79 bits per heavy atom. The molecule has 1 aromatic heterocycles. The van der Waals surface area contributed by atoms with E-state index in [1.54, 1.807) is 6.92 Å². The number of hydrogen-bond acceptors (Lipinski definition) is 9. The Balaban J connectivity index is 1.45. The molecule has 0 unspecified atom stereocenters. The molecule has 0 atom stereocenters. The maximum atomic E-state index is 5.63. The molecule has 0 fully saturated rings. The summed E-state index contributed by atoms with van der Waals surface area (Å²) in [6, 6.07) is 7.42. The maximum absolute atomic E-state index is 5.63. The van der Waals surface area contributed by atoms with Gasteiger partial charge in [0.25, 0.3) is 0 Å². The van der Waals surface area contributed by atoms with Crippen molar-refractivity contribution in [3.05, 3.63) is 30.1 Å². The minimum Gasteiger partial charge on any atom is -0.491 e. The minimum atomic E-state index is 0.310. The van der Waals surface area contributed by atoms with Gasteiger partial charge in [-0.25, -0.2) is 0 Å². The van der Waals surface area contributed by atoms with Crippen molar-refractivity contribution in [1.29, 1.82) is 0 Å². The van der Waals surface area contributed by atoms with Crippen molar-refractivity contribution in [2.24, 2.45) is 0 Å². The largest absolute Gasteiger partial charge is 0.491 e. The number of rotatable bonds is 15. The summed E-state index contributed by atoms with van der Waals surface area (Å²) in [7, 11) is 0. The van der Waals surface area contributed by atoms with Crippen LogP contribution < -0.4 is 4.74 Å². The lowest BCUT2D eigenvalue weighted by atomic mass is 10.2. The predicted octanol–water partition coefficient (Wildman–Crippen LogP) is 1.32. The number of terminal acetylenes is 1. The standard InChI is InChI=1S/C20H26N4O5/c1-3-8-25-9-10-26-11-12-27-13-14-28-15-16-29-19-6-4-18(5-7-19)20-23-21-17(2)22-24-20/h1,4-7H,8-16H2,2H3. The fourth-order valence-corrected chi connectivity index (χ4v) is 2.10. The van der Waals surface area contributed by atoms with Crippen LogP contribution in [0.15, 0.2) is 24.3 Å². The summed E-state index contributed by atoms with van der Waals surface area (Å²) in [4.78, 5) is 0. The van der Waals surface area contributed by atoms with Crippen LogP contribution in [-0.2, 0) is 18.9 Å². The lowest BCUT2D eigenvalue weighted by Gasteiger charge is -2.08. The van der Waals surface area contributed by atoms with E-state index >= 15 is 0 Å². The van der Waals surface area contributed by atoms with Crippen LogP contribution in [0, 0.1) is 19.3 Å². The van der Waals surface area contributed by atoms with Crippen LogP contribution >= 0.6 is 0 Å². The molecule has 0 saturated heterocycles. The zero-order valence-corrected chi connectivity index (χ0v) is 16.6. The van der Waals surface area contributed by atoms with Gasteiger partial charge < -0.3 is 23.7 Å². The fraction of sp³-hybridized carbons (Fsp3) is 0.500. The van der Waals surface area contributed by atoms with Crippen LogP contribution in [0.2, 0.25) is 0 Å². The number of benzene rings is 1. The molecule has 0 aliphatic heterocycles. The first kappa shape index (κ1) is 22.6. The number of hydrogen-bond donors (Lipinski definition) is 0. The highest BCUT2D eigenvalue weighted by molar-refractivity contribution is 5.54. The molecular formula is C20H26N4O5. The highest BCUT2D eigenvalue weighted by Crippen LogP contribution is 2.18. The molecule has 0 saturated carbocycles. The van der Waals surface area contributed by atoms with Crippen LogP contribution in [-0.4, -0.2) is 79.9 Å². The molecule has 0 spiro atoms. The summed E-state index contributed by atoms with van der Waals surface area (Å²) in [5.41, 5.74) is 0.829. The summed E-state index contributed by atoms with van der Waals surface area (Å²) >= 11 is 0. The first-order valence-corrected chi connectivity index (χ1v) is 9.31. The molecule has 0 aliphatic rings. The van der Waals surface area contributed by atoms with Crippen molar-refractivity contribution in [2.45, 2.75) is 6.92 Å². The number of nitrogens with zero attached hydrogens (tertiary/aromatic N) is 4. The van der Waals surface area contributed by atoms with Crippen molar-refractivity contribution >= 4 is 0 Å². The number of aryl methyl sites for hydroxylation is 1. The average molecular weight is 402 g/mol. The van der Waals surface area contributed by atoms with Gasteiger partial charge in [0.2, 0.25) is 5.82 Å². The molecule has 1 heterocycles. The third-order valence-electron chi connectivity index (χ3n) is 3.49. The van der Waals surface area contributed by atoms with E-state index in [1.807, 2.05) is 24.3 Å². The van der Waals surface area contributed by atoms with E-state index in [-0.39, 0.29) is 0 Å².